The summed E-state index contributed by atoms with van der Waals surface area (Å²) >= 11 is 7.07. The van der Waals surface area contributed by atoms with Crippen LogP contribution in [0.4, 0.5) is 11.4 Å². The summed E-state index contributed by atoms with van der Waals surface area (Å²) in [6.07, 6.45) is 12.4. The van der Waals surface area contributed by atoms with Gasteiger partial charge in [-0.3, -0.25) is 0 Å². The molecule has 0 amide bonds. The Labute approximate surface area is 247 Å². The first kappa shape index (κ1) is 30.1. The molecule has 0 unspecified atom stereocenters. The summed E-state index contributed by atoms with van der Waals surface area (Å²) < 4.78 is 6.70. The van der Waals surface area contributed by atoms with Gasteiger partial charge < -0.3 is 9.64 Å². The van der Waals surface area contributed by atoms with Crippen molar-refractivity contribution in [3.8, 4) is 0 Å². The van der Waals surface area contributed by atoms with Gasteiger partial charge in [0.15, 0.2) is 5.71 Å². The van der Waals surface area contributed by atoms with E-state index in [9.17, 15) is 0 Å². The quantitative estimate of drug-likeness (QED) is 0.340. The number of fused-ring (bicyclic) bond motifs is 2. The normalized spacial score (nSPS) is 21.3. The highest BCUT2D eigenvalue weighted by Gasteiger charge is 2.43. The molecule has 0 saturated heterocycles. The molecule has 40 heavy (non-hydrogen) atoms. The van der Waals surface area contributed by atoms with Crippen LogP contribution >= 0.6 is 11.6 Å². The number of rotatable bonds is 5. The Morgan fingerprint density at radius 2 is 1.52 bits per heavy atom. The molecule has 0 atom stereocenters. The van der Waals surface area contributed by atoms with Gasteiger partial charge >= 0.3 is 0 Å². The number of anilines is 1. The molecule has 2 aliphatic heterocycles. The zero-order valence-corrected chi connectivity index (χ0v) is 26.4. The van der Waals surface area contributed by atoms with E-state index in [-0.39, 0.29) is 10.8 Å². The summed E-state index contributed by atoms with van der Waals surface area (Å²) in [5, 5.41) is 0.924. The molecule has 0 radical (unpaired) electrons. The topological polar surface area (TPSA) is 15.5 Å². The van der Waals surface area contributed by atoms with E-state index in [1.807, 2.05) is 0 Å². The van der Waals surface area contributed by atoms with E-state index in [1.54, 1.807) is 14.2 Å². The van der Waals surface area contributed by atoms with E-state index in [2.05, 4.69) is 129 Å². The minimum Gasteiger partial charge on any atom is -0.388 e. The highest BCUT2D eigenvalue weighted by Crippen LogP contribution is 2.47. The third-order valence-electron chi connectivity index (χ3n) is 8.57. The molecule has 0 saturated carbocycles. The summed E-state index contributed by atoms with van der Waals surface area (Å²) in [5.41, 5.74) is 10.6. The first-order chi connectivity index (χ1) is 19.1. The number of halogens is 1. The van der Waals surface area contributed by atoms with Gasteiger partial charge in [0.25, 0.3) is 0 Å². The average Bonchev–Trinajstić information content (AvgIpc) is 3.30. The van der Waals surface area contributed by atoms with E-state index in [0.29, 0.717) is 0 Å². The van der Waals surface area contributed by atoms with Crippen molar-refractivity contribution in [2.24, 2.45) is 0 Å². The van der Waals surface area contributed by atoms with Crippen molar-refractivity contribution in [2.45, 2.75) is 71.6 Å². The lowest BCUT2D eigenvalue weighted by molar-refractivity contribution is -0.433. The molecule has 0 aromatic heterocycles. The Morgan fingerprint density at radius 1 is 0.875 bits per heavy atom. The number of nitrogens with zero attached hydrogens (tertiary/aromatic N) is 2. The Bertz CT molecular complexity index is 1400. The second kappa shape index (κ2) is 12.3. The maximum absolute atomic E-state index is 7.07. The van der Waals surface area contributed by atoms with Crippen LogP contribution in [0.25, 0.3) is 0 Å². The molecule has 1 aliphatic carbocycles. The first-order valence-electron chi connectivity index (χ1n) is 14.6. The zero-order valence-electron chi connectivity index (χ0n) is 25.6. The van der Waals surface area contributed by atoms with E-state index in [1.165, 1.54) is 45.1 Å². The number of allylic oxidation sites excluding steroid dienone is 8. The van der Waals surface area contributed by atoms with Gasteiger partial charge in [-0.15, -0.1) is 0 Å². The Kier molecular flexibility index (Phi) is 9.27. The molecule has 0 fully saturated rings. The third kappa shape index (κ3) is 5.39. The molecule has 212 valence electrons. The van der Waals surface area contributed by atoms with Gasteiger partial charge in [-0.1, -0.05) is 74.0 Å². The number of benzene rings is 2. The summed E-state index contributed by atoms with van der Waals surface area (Å²) in [5.74, 6) is 0. The summed E-state index contributed by atoms with van der Waals surface area (Å²) in [4.78, 5) is 2.45. The van der Waals surface area contributed by atoms with Crippen LogP contribution in [0, 0.1) is 0 Å². The Morgan fingerprint density at radius 3 is 2.20 bits per heavy atom. The highest BCUT2D eigenvalue weighted by atomic mass is 35.5. The number of methoxy groups -OCH3 is 1. The largest absolute Gasteiger partial charge is 0.388 e. The molecule has 3 nitrogen and oxygen atoms in total. The summed E-state index contributed by atoms with van der Waals surface area (Å²) in [6, 6.07) is 17.6. The predicted molar refractivity (Wildman–Crippen MR) is 172 cm³/mol. The van der Waals surface area contributed by atoms with Crippen LogP contribution in [0.15, 0.2) is 94.7 Å². The minimum atomic E-state index is -0.0272. The molecule has 2 aromatic carbocycles. The van der Waals surface area contributed by atoms with Gasteiger partial charge in [-0.2, -0.15) is 4.58 Å². The fourth-order valence-electron chi connectivity index (χ4n) is 6.53. The fourth-order valence-corrected chi connectivity index (χ4v) is 6.85. The molecule has 3 aliphatic rings. The maximum atomic E-state index is 7.07. The zero-order chi connectivity index (χ0) is 29.1. The molecule has 0 N–H and O–H groups in total. The smallest absolute Gasteiger partial charge is 0.209 e. The number of hydrogen-bond donors (Lipinski definition) is 0. The van der Waals surface area contributed by atoms with E-state index >= 15 is 0 Å². The molecular weight excluding hydrogens is 512 g/mol. The van der Waals surface area contributed by atoms with Crippen molar-refractivity contribution in [1.82, 2.24) is 0 Å². The number of likely N-dealkylation sites (N-methyl/N-ethyl adjacent to an activating group) is 1. The van der Waals surface area contributed by atoms with Crippen molar-refractivity contribution in [3.05, 3.63) is 106 Å². The number of hydrogen-bond acceptors (Lipinski definition) is 2. The van der Waals surface area contributed by atoms with Crippen molar-refractivity contribution in [1.29, 1.82) is 0 Å². The third-order valence-corrected chi connectivity index (χ3v) is 9.06. The number of para-hydroxylation sites is 2. The highest BCUT2D eigenvalue weighted by molar-refractivity contribution is 6.32. The number of ether oxygens (including phenoxy) is 1. The van der Waals surface area contributed by atoms with E-state index in [0.717, 1.165) is 37.4 Å². The molecular formula is C36H46ClN2O+. The van der Waals surface area contributed by atoms with Crippen LogP contribution in [0.1, 0.15) is 71.9 Å². The van der Waals surface area contributed by atoms with Crippen LogP contribution in [0.2, 0.25) is 0 Å². The molecule has 2 heterocycles. The summed E-state index contributed by atoms with van der Waals surface area (Å²) in [7, 11) is 3.25. The van der Waals surface area contributed by atoms with Crippen LogP contribution in [-0.4, -0.2) is 37.6 Å². The van der Waals surface area contributed by atoms with Crippen LogP contribution in [0.5, 0.6) is 0 Å². The van der Waals surface area contributed by atoms with Crippen molar-refractivity contribution < 1.29 is 9.31 Å². The van der Waals surface area contributed by atoms with Crippen LogP contribution in [0.3, 0.4) is 0 Å². The van der Waals surface area contributed by atoms with Gasteiger partial charge in [0, 0.05) is 60.3 Å². The van der Waals surface area contributed by atoms with Crippen LogP contribution < -0.4 is 4.90 Å². The lowest BCUT2D eigenvalue weighted by Gasteiger charge is -2.26. The van der Waals surface area contributed by atoms with Crippen molar-refractivity contribution >= 4 is 28.7 Å². The standard InChI is InChI=1S/C34H40ClN2.C2H6O/c1-7-36-28-18-11-9-16-26(28)33(3,4)30(36)22-20-24-14-13-15-25(32(24)35)21-23-31-34(5,6)27-17-10-12-19-29(27)37(31)8-2;1-3-2/h9-12,16-23H,7-8,13-15H2,1-6H3;1-2H3/q+1;. The predicted octanol–water partition coefficient (Wildman–Crippen LogP) is 9.21. The molecule has 0 spiro atoms. The molecule has 0 bridgehead atoms. The van der Waals surface area contributed by atoms with E-state index in [4.69, 9.17) is 11.6 Å². The van der Waals surface area contributed by atoms with Gasteiger partial charge in [0.05, 0.1) is 5.41 Å². The monoisotopic (exact) mass is 557 g/mol. The average molecular weight is 558 g/mol. The Hall–Kier alpha value is -2.88. The van der Waals surface area contributed by atoms with Crippen molar-refractivity contribution in [3.63, 3.8) is 0 Å². The molecule has 5 rings (SSSR count). The summed E-state index contributed by atoms with van der Waals surface area (Å²) in [6.45, 7) is 15.7. The Balaban J connectivity index is 0.00000118. The second-order valence-corrected chi connectivity index (χ2v) is 12.2. The first-order valence-corrected chi connectivity index (χ1v) is 15.0. The molecule has 2 aromatic rings. The van der Waals surface area contributed by atoms with Crippen LogP contribution in [-0.2, 0) is 15.6 Å². The maximum Gasteiger partial charge on any atom is 0.209 e. The lowest BCUT2D eigenvalue weighted by atomic mass is 9.81. The van der Waals surface area contributed by atoms with Crippen molar-refractivity contribution in [2.75, 3.05) is 32.2 Å². The lowest BCUT2D eigenvalue weighted by Crippen LogP contribution is -2.27. The minimum absolute atomic E-state index is 0.0272. The SMILES string of the molecule is CCN1/C(=C/C=C2\CCCC(/C=C/C3=[N+](CC)c4ccccc4C3(C)C)=C2Cl)C(C)(C)c2ccccc21.COC. The van der Waals surface area contributed by atoms with Gasteiger partial charge in [0.1, 0.15) is 6.54 Å². The second-order valence-electron chi connectivity index (χ2n) is 11.8. The van der Waals surface area contributed by atoms with Gasteiger partial charge in [-0.25, -0.2) is 0 Å². The van der Waals surface area contributed by atoms with E-state index < -0.39 is 0 Å². The molecule has 4 heteroatoms. The van der Waals surface area contributed by atoms with Gasteiger partial charge in [-0.05, 0) is 75.8 Å². The van der Waals surface area contributed by atoms with Gasteiger partial charge in [0.2, 0.25) is 5.69 Å². The fraction of sp³-hybridized carbons (Fsp3) is 0.417.